The summed E-state index contributed by atoms with van der Waals surface area (Å²) in [5, 5.41) is 3.83. The third-order valence-electron chi connectivity index (χ3n) is 2.93. The van der Waals surface area contributed by atoms with E-state index in [-0.39, 0.29) is 12.5 Å². The van der Waals surface area contributed by atoms with Crippen molar-refractivity contribution in [1.29, 1.82) is 0 Å². The molecule has 104 valence electrons. The molecule has 0 fully saturated rings. The minimum atomic E-state index is -0.297. The lowest BCUT2D eigenvalue weighted by Crippen LogP contribution is -2.24. The van der Waals surface area contributed by atoms with Crippen LogP contribution in [0.5, 0.6) is 5.75 Å². The number of aryl methyl sites for hydroxylation is 1. The Hall–Kier alpha value is -2.56. The fourth-order valence-electron chi connectivity index (χ4n) is 1.65. The van der Waals surface area contributed by atoms with Crippen LogP contribution in [0.2, 0.25) is 0 Å². The summed E-state index contributed by atoms with van der Waals surface area (Å²) in [6, 6.07) is 9.45. The summed E-state index contributed by atoms with van der Waals surface area (Å²) in [6.45, 7) is 3.90. The van der Waals surface area contributed by atoms with Crippen molar-refractivity contribution in [2.75, 3.05) is 6.61 Å². The van der Waals surface area contributed by atoms with Crippen molar-refractivity contribution >= 4 is 12.1 Å². The Balaban J connectivity index is 1.82. The van der Waals surface area contributed by atoms with E-state index in [2.05, 4.69) is 15.5 Å². The van der Waals surface area contributed by atoms with Crippen molar-refractivity contribution < 1.29 is 9.53 Å². The van der Waals surface area contributed by atoms with Crippen LogP contribution >= 0.6 is 0 Å². The molecule has 20 heavy (non-hydrogen) atoms. The number of amides is 1. The van der Waals surface area contributed by atoms with E-state index in [9.17, 15) is 4.79 Å². The number of hydrogen-bond acceptors (Lipinski definition) is 3. The van der Waals surface area contributed by atoms with E-state index in [1.807, 2.05) is 44.2 Å². The Bertz CT molecular complexity index is 604. The number of ether oxygens (including phenoxy) is 1. The number of nitrogens with one attached hydrogen (secondary N) is 2. The molecule has 0 atom stereocenters. The SMILES string of the molecule is Cc1cccc(OCC(=O)NN=Cc2ccc[nH]2)c1C. The van der Waals surface area contributed by atoms with Crippen LogP contribution in [-0.4, -0.2) is 23.7 Å². The fraction of sp³-hybridized carbons (Fsp3) is 0.200. The lowest BCUT2D eigenvalue weighted by Gasteiger charge is -2.09. The van der Waals surface area contributed by atoms with Crippen LogP contribution in [0.15, 0.2) is 41.6 Å². The Morgan fingerprint density at radius 1 is 1.35 bits per heavy atom. The Morgan fingerprint density at radius 2 is 2.20 bits per heavy atom. The summed E-state index contributed by atoms with van der Waals surface area (Å²) in [5.74, 6) is 0.419. The van der Waals surface area contributed by atoms with Crippen LogP contribution in [-0.2, 0) is 4.79 Å². The number of carbonyl (C=O) groups is 1. The van der Waals surface area contributed by atoms with Gasteiger partial charge in [-0.15, -0.1) is 0 Å². The fourth-order valence-corrected chi connectivity index (χ4v) is 1.65. The van der Waals surface area contributed by atoms with E-state index >= 15 is 0 Å². The maximum absolute atomic E-state index is 11.6. The van der Waals surface area contributed by atoms with Gasteiger partial charge in [-0.1, -0.05) is 12.1 Å². The van der Waals surface area contributed by atoms with Crippen LogP contribution in [0.1, 0.15) is 16.8 Å². The molecule has 0 spiro atoms. The lowest BCUT2D eigenvalue weighted by molar-refractivity contribution is -0.123. The predicted octanol–water partition coefficient (Wildman–Crippen LogP) is 2.16. The first-order chi connectivity index (χ1) is 9.66. The topological polar surface area (TPSA) is 66.5 Å². The summed E-state index contributed by atoms with van der Waals surface area (Å²) >= 11 is 0. The van der Waals surface area contributed by atoms with E-state index in [1.54, 1.807) is 6.20 Å². The molecule has 0 saturated heterocycles. The largest absolute Gasteiger partial charge is 0.483 e. The molecule has 2 aromatic rings. The minimum absolute atomic E-state index is 0.0631. The maximum atomic E-state index is 11.6. The molecule has 0 aliphatic heterocycles. The molecule has 5 heteroatoms. The van der Waals surface area contributed by atoms with Crippen LogP contribution in [0, 0.1) is 13.8 Å². The van der Waals surface area contributed by atoms with Crippen molar-refractivity contribution in [3.8, 4) is 5.75 Å². The molecule has 1 heterocycles. The molecular formula is C15H17N3O2. The van der Waals surface area contributed by atoms with Crippen LogP contribution in [0.4, 0.5) is 0 Å². The van der Waals surface area contributed by atoms with Gasteiger partial charge in [0.15, 0.2) is 6.61 Å². The van der Waals surface area contributed by atoms with Crippen molar-refractivity contribution in [1.82, 2.24) is 10.4 Å². The van der Waals surface area contributed by atoms with Gasteiger partial charge >= 0.3 is 0 Å². The van der Waals surface area contributed by atoms with Gasteiger partial charge in [0.05, 0.1) is 11.9 Å². The van der Waals surface area contributed by atoms with Gasteiger partial charge in [-0.05, 0) is 43.2 Å². The van der Waals surface area contributed by atoms with Crippen molar-refractivity contribution in [2.45, 2.75) is 13.8 Å². The van der Waals surface area contributed by atoms with E-state index in [0.29, 0.717) is 5.75 Å². The second-order valence-corrected chi connectivity index (χ2v) is 4.41. The van der Waals surface area contributed by atoms with Crippen molar-refractivity contribution in [3.05, 3.63) is 53.3 Å². The Labute approximate surface area is 117 Å². The van der Waals surface area contributed by atoms with Gasteiger partial charge in [-0.2, -0.15) is 5.10 Å². The highest BCUT2D eigenvalue weighted by Crippen LogP contribution is 2.20. The van der Waals surface area contributed by atoms with Gasteiger partial charge in [0.25, 0.3) is 5.91 Å². The quantitative estimate of drug-likeness (QED) is 0.646. The minimum Gasteiger partial charge on any atom is -0.483 e. The third-order valence-corrected chi connectivity index (χ3v) is 2.93. The average molecular weight is 271 g/mol. The third kappa shape index (κ3) is 3.71. The van der Waals surface area contributed by atoms with Gasteiger partial charge in [0.2, 0.25) is 0 Å². The highest BCUT2D eigenvalue weighted by Gasteiger charge is 2.05. The standard InChI is InChI=1S/C15H17N3O2/c1-11-5-3-7-14(12(11)2)20-10-15(19)18-17-9-13-6-4-8-16-13/h3-9,16H,10H2,1-2H3,(H,18,19). The molecule has 0 bridgehead atoms. The van der Waals surface area contributed by atoms with Gasteiger partial charge in [-0.25, -0.2) is 5.43 Å². The molecule has 1 amide bonds. The summed E-state index contributed by atoms with van der Waals surface area (Å²) in [5.41, 5.74) is 5.40. The molecule has 0 saturated carbocycles. The molecule has 2 rings (SSSR count). The van der Waals surface area contributed by atoms with Crippen LogP contribution < -0.4 is 10.2 Å². The summed E-state index contributed by atoms with van der Waals surface area (Å²) in [6.07, 6.45) is 3.32. The maximum Gasteiger partial charge on any atom is 0.277 e. The van der Waals surface area contributed by atoms with E-state index in [1.165, 1.54) is 6.21 Å². The second kappa shape index (κ2) is 6.56. The Kier molecular flexibility index (Phi) is 4.55. The zero-order chi connectivity index (χ0) is 14.4. The van der Waals surface area contributed by atoms with Gasteiger partial charge in [-0.3, -0.25) is 4.79 Å². The van der Waals surface area contributed by atoms with Crippen molar-refractivity contribution in [2.24, 2.45) is 5.10 Å². The number of nitrogens with zero attached hydrogens (tertiary/aromatic N) is 1. The van der Waals surface area contributed by atoms with E-state index < -0.39 is 0 Å². The number of H-pyrrole nitrogens is 1. The summed E-state index contributed by atoms with van der Waals surface area (Å²) in [4.78, 5) is 14.5. The molecule has 0 aliphatic rings. The summed E-state index contributed by atoms with van der Waals surface area (Å²) < 4.78 is 5.47. The highest BCUT2D eigenvalue weighted by atomic mass is 16.5. The van der Waals surface area contributed by atoms with E-state index in [4.69, 9.17) is 4.74 Å². The first-order valence-corrected chi connectivity index (χ1v) is 6.31. The first-order valence-electron chi connectivity index (χ1n) is 6.31. The zero-order valence-electron chi connectivity index (χ0n) is 11.5. The molecular weight excluding hydrogens is 254 g/mol. The molecule has 1 aromatic heterocycles. The monoisotopic (exact) mass is 271 g/mol. The van der Waals surface area contributed by atoms with Crippen LogP contribution in [0.3, 0.4) is 0 Å². The average Bonchev–Trinajstić information content (AvgIpc) is 2.94. The van der Waals surface area contributed by atoms with Gasteiger partial charge in [0, 0.05) is 6.20 Å². The molecule has 0 aliphatic carbocycles. The Morgan fingerprint density at radius 3 is 2.95 bits per heavy atom. The number of hydrazone groups is 1. The highest BCUT2D eigenvalue weighted by molar-refractivity contribution is 5.81. The van der Waals surface area contributed by atoms with Gasteiger partial charge < -0.3 is 9.72 Å². The number of aromatic amines is 1. The molecule has 5 nitrogen and oxygen atoms in total. The van der Waals surface area contributed by atoms with Gasteiger partial charge in [0.1, 0.15) is 5.75 Å². The zero-order valence-corrected chi connectivity index (χ0v) is 11.5. The molecule has 1 aromatic carbocycles. The lowest BCUT2D eigenvalue weighted by atomic mass is 10.1. The number of hydrogen-bond donors (Lipinski definition) is 2. The molecule has 0 unspecified atom stereocenters. The van der Waals surface area contributed by atoms with E-state index in [0.717, 1.165) is 16.8 Å². The van der Waals surface area contributed by atoms with Crippen LogP contribution in [0.25, 0.3) is 0 Å². The predicted molar refractivity (Wildman–Crippen MR) is 77.9 cm³/mol. The summed E-state index contributed by atoms with van der Waals surface area (Å²) in [7, 11) is 0. The molecule has 0 radical (unpaired) electrons. The number of benzene rings is 1. The smallest absolute Gasteiger partial charge is 0.277 e. The number of carbonyl (C=O) groups excluding carboxylic acids is 1. The second-order valence-electron chi connectivity index (χ2n) is 4.41. The van der Waals surface area contributed by atoms with Crippen molar-refractivity contribution in [3.63, 3.8) is 0 Å². The normalized spacial score (nSPS) is 10.7. The number of rotatable bonds is 5. The first kappa shape index (κ1) is 13.9. The molecule has 2 N–H and O–H groups in total. The number of aromatic nitrogens is 1.